The van der Waals surface area contributed by atoms with Crippen LogP contribution in [0.25, 0.3) is 0 Å². The van der Waals surface area contributed by atoms with E-state index in [9.17, 15) is 18.0 Å². The number of carbonyl (C=O) groups is 1. The third-order valence-corrected chi connectivity index (χ3v) is 9.01. The van der Waals surface area contributed by atoms with Crippen molar-refractivity contribution in [3.8, 4) is 0 Å². The summed E-state index contributed by atoms with van der Waals surface area (Å²) in [6.45, 7) is 6.65. The van der Waals surface area contributed by atoms with Crippen LogP contribution in [0.5, 0.6) is 0 Å². The van der Waals surface area contributed by atoms with Crippen LogP contribution >= 0.6 is 0 Å². The molecular weight excluding hydrogens is 473 g/mol. The Balaban J connectivity index is 1.26. The molecule has 3 aliphatic heterocycles. The maximum absolute atomic E-state index is 14.1. The predicted octanol–water partition coefficient (Wildman–Crippen LogP) is 3.48. The van der Waals surface area contributed by atoms with Gasteiger partial charge in [0.2, 0.25) is 5.91 Å². The van der Waals surface area contributed by atoms with Gasteiger partial charge in [-0.05, 0) is 50.2 Å². The van der Waals surface area contributed by atoms with E-state index >= 15 is 0 Å². The fourth-order valence-electron chi connectivity index (χ4n) is 6.86. The van der Waals surface area contributed by atoms with Gasteiger partial charge in [0.05, 0.1) is 35.8 Å². The number of nitrogens with one attached hydrogen (secondary N) is 1. The van der Waals surface area contributed by atoms with Crippen molar-refractivity contribution in [2.24, 2.45) is 11.3 Å². The molecule has 0 spiro atoms. The molecule has 4 aliphatic rings. The summed E-state index contributed by atoms with van der Waals surface area (Å²) in [6, 6.07) is 2.61. The van der Waals surface area contributed by atoms with Crippen molar-refractivity contribution in [1.82, 2.24) is 15.2 Å². The van der Waals surface area contributed by atoms with Gasteiger partial charge in [-0.25, -0.2) is 4.98 Å². The van der Waals surface area contributed by atoms with Gasteiger partial charge in [0.1, 0.15) is 5.82 Å². The smallest absolute Gasteiger partial charge is 0.379 e. The van der Waals surface area contributed by atoms with E-state index in [4.69, 9.17) is 9.47 Å². The van der Waals surface area contributed by atoms with Crippen LogP contribution in [0, 0.1) is 11.3 Å². The molecule has 1 aromatic heterocycles. The van der Waals surface area contributed by atoms with E-state index in [0.29, 0.717) is 32.1 Å². The first-order valence-corrected chi connectivity index (χ1v) is 13.1. The van der Waals surface area contributed by atoms with E-state index in [2.05, 4.69) is 24.1 Å². The number of likely N-dealkylation sites (tertiary alicyclic amines) is 1. The quantitative estimate of drug-likeness (QED) is 0.632. The summed E-state index contributed by atoms with van der Waals surface area (Å²) >= 11 is 0. The van der Waals surface area contributed by atoms with Crippen LogP contribution < -0.4 is 10.2 Å². The lowest BCUT2D eigenvalue weighted by molar-refractivity contribution is -0.146. The van der Waals surface area contributed by atoms with Crippen molar-refractivity contribution in [2.45, 2.75) is 82.4 Å². The highest BCUT2D eigenvalue weighted by Gasteiger charge is 2.54. The number of ether oxygens (including phenoxy) is 2. The molecule has 4 fully saturated rings. The maximum Gasteiger partial charge on any atom is 0.416 e. The summed E-state index contributed by atoms with van der Waals surface area (Å²) in [5.41, 5.74) is -1.11. The van der Waals surface area contributed by atoms with Gasteiger partial charge in [-0.15, -0.1) is 0 Å². The van der Waals surface area contributed by atoms with Gasteiger partial charge < -0.3 is 24.6 Å². The van der Waals surface area contributed by atoms with Crippen LogP contribution in [0.3, 0.4) is 0 Å². The number of methoxy groups -OCH3 is 1. The molecule has 0 radical (unpaired) electrons. The topological polar surface area (TPSA) is 66.9 Å². The van der Waals surface area contributed by atoms with Gasteiger partial charge in [0, 0.05) is 45.1 Å². The number of halogens is 3. The number of alkyl halides is 3. The molecule has 5 rings (SSSR count). The number of carbonyl (C=O) groups excluding carboxylic acids is 1. The Labute approximate surface area is 210 Å². The largest absolute Gasteiger partial charge is 0.416 e. The average Bonchev–Trinajstić information content (AvgIpc) is 3.58. The minimum atomic E-state index is -4.40. The molecule has 3 saturated heterocycles. The molecule has 0 aromatic carbocycles. The Morgan fingerprint density at radius 1 is 1.28 bits per heavy atom. The van der Waals surface area contributed by atoms with Crippen LogP contribution in [0.2, 0.25) is 0 Å². The molecule has 2 bridgehead atoms. The Kier molecular flexibility index (Phi) is 6.97. The lowest BCUT2D eigenvalue weighted by Crippen LogP contribution is -2.55. The number of pyridine rings is 1. The number of fused-ring (bicyclic) bond motifs is 2. The first kappa shape index (κ1) is 25.7. The minimum Gasteiger partial charge on any atom is -0.379 e. The van der Waals surface area contributed by atoms with Crippen LogP contribution in [0.1, 0.15) is 51.5 Å². The van der Waals surface area contributed by atoms with E-state index in [1.807, 2.05) is 9.80 Å². The van der Waals surface area contributed by atoms with Crippen molar-refractivity contribution in [3.63, 3.8) is 0 Å². The zero-order valence-corrected chi connectivity index (χ0v) is 21.3. The predicted molar refractivity (Wildman–Crippen MR) is 129 cm³/mol. The van der Waals surface area contributed by atoms with Crippen molar-refractivity contribution >= 4 is 11.7 Å². The molecule has 1 N–H and O–H groups in total. The first-order chi connectivity index (χ1) is 17.1. The van der Waals surface area contributed by atoms with Gasteiger partial charge in [0.25, 0.3) is 0 Å². The zero-order valence-electron chi connectivity index (χ0n) is 21.3. The molecule has 4 heterocycles. The molecule has 200 valence electrons. The summed E-state index contributed by atoms with van der Waals surface area (Å²) in [5, 5.41) is 3.77. The third kappa shape index (κ3) is 4.60. The normalized spacial score (nSPS) is 34.7. The molecule has 1 aromatic rings. The minimum absolute atomic E-state index is 0.000768. The molecule has 1 amide bonds. The van der Waals surface area contributed by atoms with Gasteiger partial charge >= 0.3 is 6.18 Å². The van der Waals surface area contributed by atoms with E-state index in [0.717, 1.165) is 44.2 Å². The molecule has 1 saturated carbocycles. The fraction of sp³-hybridized carbons (Fsp3) is 0.769. The number of rotatable bonds is 6. The second-order valence-corrected chi connectivity index (χ2v) is 11.2. The molecule has 1 aliphatic carbocycles. The zero-order chi connectivity index (χ0) is 25.7. The Bertz CT molecular complexity index is 961. The summed E-state index contributed by atoms with van der Waals surface area (Å²) in [4.78, 5) is 22.2. The lowest BCUT2D eigenvalue weighted by atomic mass is 9.74. The van der Waals surface area contributed by atoms with Gasteiger partial charge in [-0.1, -0.05) is 13.8 Å². The van der Waals surface area contributed by atoms with Crippen LogP contribution in [0.15, 0.2) is 18.3 Å². The van der Waals surface area contributed by atoms with Crippen molar-refractivity contribution in [1.29, 1.82) is 0 Å². The van der Waals surface area contributed by atoms with Gasteiger partial charge in [0.15, 0.2) is 0 Å². The van der Waals surface area contributed by atoms with Crippen molar-refractivity contribution < 1.29 is 27.4 Å². The lowest BCUT2D eigenvalue weighted by Gasteiger charge is -2.42. The highest BCUT2D eigenvalue weighted by molar-refractivity contribution is 5.84. The molecule has 36 heavy (non-hydrogen) atoms. The summed E-state index contributed by atoms with van der Waals surface area (Å²) in [5.74, 6) is 0.753. The highest BCUT2D eigenvalue weighted by atomic mass is 19.4. The number of anilines is 1. The number of nitrogens with zero attached hydrogens (tertiary/aromatic N) is 3. The number of hydrogen-bond acceptors (Lipinski definition) is 6. The molecular formula is C26H37F3N4O3. The van der Waals surface area contributed by atoms with Crippen LogP contribution in [0.4, 0.5) is 19.0 Å². The van der Waals surface area contributed by atoms with Gasteiger partial charge in [-0.3, -0.25) is 4.79 Å². The second-order valence-electron chi connectivity index (χ2n) is 11.2. The van der Waals surface area contributed by atoms with Crippen molar-refractivity contribution in [2.75, 3.05) is 38.3 Å². The summed E-state index contributed by atoms with van der Waals surface area (Å²) in [7, 11) is 1.71. The third-order valence-electron chi connectivity index (χ3n) is 9.01. The monoisotopic (exact) mass is 510 g/mol. The van der Waals surface area contributed by atoms with E-state index in [1.165, 1.54) is 6.20 Å². The first-order valence-electron chi connectivity index (χ1n) is 13.1. The maximum atomic E-state index is 14.1. The number of aromatic nitrogens is 1. The van der Waals surface area contributed by atoms with Crippen molar-refractivity contribution in [3.05, 3.63) is 23.9 Å². The molecule has 6 unspecified atom stereocenters. The SMILES string of the molecule is COC1COCCC1NC1CCC(C(=O)N2CC3CC2CN3c2cc(C(F)(F)F)ccn2)(C(C)C)C1. The second kappa shape index (κ2) is 9.76. The molecule has 10 heteroatoms. The van der Waals surface area contributed by atoms with Crippen LogP contribution in [-0.2, 0) is 20.4 Å². The van der Waals surface area contributed by atoms with E-state index in [-0.39, 0.29) is 42.1 Å². The fourth-order valence-corrected chi connectivity index (χ4v) is 6.86. The number of hydrogen-bond donors (Lipinski definition) is 1. The van der Waals surface area contributed by atoms with Gasteiger partial charge in [-0.2, -0.15) is 13.2 Å². The summed E-state index contributed by atoms with van der Waals surface area (Å²) < 4.78 is 50.8. The highest BCUT2D eigenvalue weighted by Crippen LogP contribution is 2.48. The summed E-state index contributed by atoms with van der Waals surface area (Å²) in [6.07, 6.45) is 1.10. The molecule has 7 nitrogen and oxygen atoms in total. The average molecular weight is 511 g/mol. The Hall–Kier alpha value is -1.91. The van der Waals surface area contributed by atoms with E-state index in [1.54, 1.807) is 7.11 Å². The van der Waals surface area contributed by atoms with E-state index < -0.39 is 17.2 Å². The Morgan fingerprint density at radius 2 is 2.08 bits per heavy atom. The Morgan fingerprint density at radius 3 is 2.75 bits per heavy atom. The molecule has 6 atom stereocenters. The number of amides is 1. The van der Waals surface area contributed by atoms with Crippen LogP contribution in [-0.4, -0.2) is 79.5 Å². The standard InChI is InChI=1S/C26H37F3N4O3/c1-16(2)25(7-4-18(12-25)31-21-6-9-36-15-22(21)35-3)24(34)33-14-19-11-20(33)13-32(19)23-10-17(5-8-30-23)26(27,28)29/h5,8,10,16,18-22,31H,4,6-7,9,11-15H2,1-3H3. The number of piperazine rings is 1.